The number of thioether (sulfide) groups is 1. The number of benzene rings is 1. The standard InChI is InChI=1S/C15H15N3S3/c1-2-5-12(6-3-1)11-20-15-18-17-14(21-15)16-9-8-13-7-4-10-19-13/h1-7,10H,8-9,11H2,(H,16,17). The number of nitrogens with zero attached hydrogens (tertiary/aromatic N) is 2. The van der Waals surface area contributed by atoms with Crippen molar-refractivity contribution in [2.75, 3.05) is 11.9 Å². The third kappa shape index (κ3) is 4.56. The van der Waals surface area contributed by atoms with Crippen LogP contribution in [0.2, 0.25) is 0 Å². The molecule has 3 nitrogen and oxygen atoms in total. The van der Waals surface area contributed by atoms with Crippen molar-refractivity contribution in [3.8, 4) is 0 Å². The van der Waals surface area contributed by atoms with Gasteiger partial charge >= 0.3 is 0 Å². The summed E-state index contributed by atoms with van der Waals surface area (Å²) in [5.74, 6) is 0.935. The first kappa shape index (κ1) is 14.6. The lowest BCUT2D eigenvalue weighted by Crippen LogP contribution is -2.03. The summed E-state index contributed by atoms with van der Waals surface area (Å²) in [6, 6.07) is 14.7. The number of hydrogen-bond donors (Lipinski definition) is 1. The van der Waals surface area contributed by atoms with Crippen molar-refractivity contribution in [1.29, 1.82) is 0 Å². The molecule has 0 fully saturated rings. The minimum Gasteiger partial charge on any atom is -0.360 e. The number of rotatable bonds is 7. The fourth-order valence-electron chi connectivity index (χ4n) is 1.81. The third-order valence-corrected chi connectivity index (χ3v) is 5.86. The van der Waals surface area contributed by atoms with Gasteiger partial charge in [-0.25, -0.2) is 0 Å². The lowest BCUT2D eigenvalue weighted by molar-refractivity contribution is 0.980. The van der Waals surface area contributed by atoms with Crippen LogP contribution in [0.1, 0.15) is 10.4 Å². The van der Waals surface area contributed by atoms with E-state index in [1.807, 2.05) is 6.07 Å². The maximum absolute atomic E-state index is 4.22. The second-order valence-corrected chi connectivity index (χ2v) is 7.64. The molecule has 1 aromatic carbocycles. The van der Waals surface area contributed by atoms with Gasteiger partial charge < -0.3 is 5.32 Å². The maximum atomic E-state index is 4.22. The quantitative estimate of drug-likeness (QED) is 0.644. The molecule has 3 rings (SSSR count). The number of aromatic nitrogens is 2. The molecule has 2 aromatic heterocycles. The molecule has 108 valence electrons. The highest BCUT2D eigenvalue weighted by molar-refractivity contribution is 8.00. The Hall–Kier alpha value is -1.37. The molecule has 0 saturated heterocycles. The lowest BCUT2D eigenvalue weighted by Gasteiger charge is -1.99. The summed E-state index contributed by atoms with van der Waals surface area (Å²) in [5, 5.41) is 14.8. The number of hydrogen-bond acceptors (Lipinski definition) is 6. The summed E-state index contributed by atoms with van der Waals surface area (Å²) in [6.07, 6.45) is 1.03. The Bertz CT molecular complexity index is 650. The average molecular weight is 334 g/mol. The topological polar surface area (TPSA) is 37.8 Å². The number of nitrogens with one attached hydrogen (secondary N) is 1. The van der Waals surface area contributed by atoms with E-state index in [1.165, 1.54) is 10.4 Å². The first-order valence-corrected chi connectivity index (χ1v) is 9.35. The molecule has 0 saturated carbocycles. The predicted molar refractivity (Wildman–Crippen MR) is 92.4 cm³/mol. The van der Waals surface area contributed by atoms with Crippen LogP contribution in [0.25, 0.3) is 0 Å². The Morgan fingerprint density at radius 1 is 1.05 bits per heavy atom. The van der Waals surface area contributed by atoms with E-state index in [0.717, 1.165) is 28.2 Å². The van der Waals surface area contributed by atoms with Gasteiger partial charge in [0, 0.05) is 17.2 Å². The van der Waals surface area contributed by atoms with Crippen LogP contribution >= 0.6 is 34.4 Å². The van der Waals surface area contributed by atoms with Crippen molar-refractivity contribution >= 4 is 39.6 Å². The third-order valence-electron chi connectivity index (χ3n) is 2.84. The van der Waals surface area contributed by atoms with Crippen molar-refractivity contribution in [3.63, 3.8) is 0 Å². The molecule has 2 heterocycles. The van der Waals surface area contributed by atoms with Gasteiger partial charge in [-0.3, -0.25) is 0 Å². The largest absolute Gasteiger partial charge is 0.360 e. The van der Waals surface area contributed by atoms with Crippen LogP contribution in [0.4, 0.5) is 5.13 Å². The zero-order valence-electron chi connectivity index (χ0n) is 11.4. The molecule has 0 atom stereocenters. The van der Waals surface area contributed by atoms with Crippen LogP contribution in [0.15, 0.2) is 52.2 Å². The maximum Gasteiger partial charge on any atom is 0.206 e. The fraction of sp³-hybridized carbons (Fsp3) is 0.200. The molecule has 21 heavy (non-hydrogen) atoms. The van der Waals surface area contributed by atoms with E-state index in [0.29, 0.717) is 0 Å². The molecule has 0 amide bonds. The first-order chi connectivity index (χ1) is 10.4. The van der Waals surface area contributed by atoms with Gasteiger partial charge in [0.2, 0.25) is 5.13 Å². The second-order valence-electron chi connectivity index (χ2n) is 4.40. The number of anilines is 1. The van der Waals surface area contributed by atoms with Crippen LogP contribution in [-0.2, 0) is 12.2 Å². The van der Waals surface area contributed by atoms with Gasteiger partial charge in [-0.1, -0.05) is 59.5 Å². The smallest absolute Gasteiger partial charge is 0.206 e. The second kappa shape index (κ2) is 7.59. The fourth-order valence-corrected chi connectivity index (χ4v) is 4.25. The van der Waals surface area contributed by atoms with Crippen molar-refractivity contribution < 1.29 is 0 Å². The van der Waals surface area contributed by atoms with Gasteiger partial charge in [-0.05, 0) is 23.4 Å². The minimum absolute atomic E-state index is 0.901. The van der Waals surface area contributed by atoms with E-state index in [-0.39, 0.29) is 0 Å². The van der Waals surface area contributed by atoms with E-state index in [2.05, 4.69) is 57.3 Å². The van der Waals surface area contributed by atoms with Gasteiger partial charge in [-0.15, -0.1) is 21.5 Å². The van der Waals surface area contributed by atoms with E-state index >= 15 is 0 Å². The van der Waals surface area contributed by atoms with Gasteiger partial charge in [0.05, 0.1) is 0 Å². The highest BCUT2D eigenvalue weighted by Crippen LogP contribution is 2.28. The summed E-state index contributed by atoms with van der Waals surface area (Å²) in [4.78, 5) is 1.39. The monoisotopic (exact) mass is 333 g/mol. The highest BCUT2D eigenvalue weighted by Gasteiger charge is 2.05. The van der Waals surface area contributed by atoms with Crippen LogP contribution in [-0.4, -0.2) is 16.7 Å². The van der Waals surface area contributed by atoms with Gasteiger partial charge in [0.25, 0.3) is 0 Å². The zero-order valence-corrected chi connectivity index (χ0v) is 13.8. The molecule has 0 aliphatic heterocycles. The number of thiophene rings is 1. The Morgan fingerprint density at radius 2 is 1.95 bits per heavy atom. The molecular formula is C15H15N3S3. The average Bonchev–Trinajstić information content (AvgIpc) is 3.18. The zero-order chi connectivity index (χ0) is 14.3. The Labute approximate surface area is 136 Å². The summed E-state index contributed by atoms with van der Waals surface area (Å²) in [6.45, 7) is 0.901. The molecule has 0 unspecified atom stereocenters. The minimum atomic E-state index is 0.901. The predicted octanol–water partition coefficient (Wildman–Crippen LogP) is 4.55. The Kier molecular flexibility index (Phi) is 5.26. The van der Waals surface area contributed by atoms with Crippen molar-refractivity contribution in [2.45, 2.75) is 16.5 Å². The van der Waals surface area contributed by atoms with Gasteiger partial charge in [-0.2, -0.15) is 0 Å². The van der Waals surface area contributed by atoms with Crippen molar-refractivity contribution in [1.82, 2.24) is 10.2 Å². The first-order valence-electron chi connectivity index (χ1n) is 6.66. The van der Waals surface area contributed by atoms with E-state index in [9.17, 15) is 0 Å². The highest BCUT2D eigenvalue weighted by atomic mass is 32.2. The molecule has 0 aliphatic carbocycles. The Morgan fingerprint density at radius 3 is 2.76 bits per heavy atom. The van der Waals surface area contributed by atoms with E-state index < -0.39 is 0 Å². The molecule has 1 N–H and O–H groups in total. The van der Waals surface area contributed by atoms with Gasteiger partial charge in [0.15, 0.2) is 4.34 Å². The molecule has 0 radical (unpaired) electrons. The van der Waals surface area contributed by atoms with Crippen LogP contribution in [0, 0.1) is 0 Å². The SMILES string of the molecule is c1ccc(CSc2nnc(NCCc3cccs3)s2)cc1. The van der Waals surface area contributed by atoms with Gasteiger partial charge in [0.1, 0.15) is 0 Å². The summed E-state index contributed by atoms with van der Waals surface area (Å²) in [5.41, 5.74) is 1.31. The summed E-state index contributed by atoms with van der Waals surface area (Å²) in [7, 11) is 0. The molecule has 0 spiro atoms. The molecule has 0 bridgehead atoms. The normalized spacial score (nSPS) is 10.7. The van der Waals surface area contributed by atoms with Crippen LogP contribution in [0.5, 0.6) is 0 Å². The molecule has 3 aromatic rings. The van der Waals surface area contributed by atoms with E-state index in [4.69, 9.17) is 0 Å². The molecular weight excluding hydrogens is 318 g/mol. The molecule has 6 heteroatoms. The van der Waals surface area contributed by atoms with E-state index in [1.54, 1.807) is 34.4 Å². The Balaban J connectivity index is 1.45. The summed E-state index contributed by atoms with van der Waals surface area (Å²) >= 11 is 5.15. The van der Waals surface area contributed by atoms with Crippen LogP contribution in [0.3, 0.4) is 0 Å². The van der Waals surface area contributed by atoms with Crippen molar-refractivity contribution in [3.05, 3.63) is 58.3 Å². The molecule has 0 aliphatic rings. The van der Waals surface area contributed by atoms with Crippen LogP contribution < -0.4 is 5.32 Å². The lowest BCUT2D eigenvalue weighted by atomic mass is 10.2. The van der Waals surface area contributed by atoms with Crippen molar-refractivity contribution in [2.24, 2.45) is 0 Å². The summed E-state index contributed by atoms with van der Waals surface area (Å²) < 4.78 is 1.01.